The van der Waals surface area contributed by atoms with E-state index in [1.54, 1.807) is 11.3 Å². The molecule has 2 N–H and O–H groups in total. The molecule has 20 heavy (non-hydrogen) atoms. The summed E-state index contributed by atoms with van der Waals surface area (Å²) in [4.78, 5) is 10.3. The molecule has 100 valence electrons. The van der Waals surface area contributed by atoms with Crippen LogP contribution >= 0.6 is 11.3 Å². The molecule has 1 unspecified atom stereocenters. The summed E-state index contributed by atoms with van der Waals surface area (Å²) in [7, 11) is 0. The number of hydrogen-bond acceptors (Lipinski definition) is 4. The maximum Gasteiger partial charge on any atom is 0.135 e. The average molecular weight is 281 g/mol. The summed E-state index contributed by atoms with van der Waals surface area (Å²) in [6.45, 7) is 0. The van der Waals surface area contributed by atoms with Gasteiger partial charge in [0, 0.05) is 5.92 Å². The second kappa shape index (κ2) is 4.56. The topological polar surface area (TPSA) is 51.8 Å². The zero-order valence-corrected chi connectivity index (χ0v) is 11.9. The fraction of sp³-hybridized carbons (Fsp3) is 0.250. The molecule has 0 saturated heterocycles. The predicted molar refractivity (Wildman–Crippen MR) is 83.0 cm³/mol. The molecular weight excluding hydrogens is 266 g/mol. The third-order valence-electron chi connectivity index (χ3n) is 4.08. The van der Waals surface area contributed by atoms with Crippen LogP contribution in [0.4, 0.5) is 5.82 Å². The minimum Gasteiger partial charge on any atom is -0.383 e. The van der Waals surface area contributed by atoms with Gasteiger partial charge in [0.05, 0.1) is 5.39 Å². The number of aryl methyl sites for hydroxylation is 1. The van der Waals surface area contributed by atoms with E-state index < -0.39 is 0 Å². The number of nitrogens with zero attached hydrogens (tertiary/aromatic N) is 2. The van der Waals surface area contributed by atoms with Crippen molar-refractivity contribution < 1.29 is 0 Å². The smallest absolute Gasteiger partial charge is 0.135 e. The van der Waals surface area contributed by atoms with Gasteiger partial charge in [-0.2, -0.15) is 0 Å². The normalized spacial score (nSPS) is 18.1. The number of anilines is 1. The molecule has 1 aliphatic carbocycles. The molecule has 0 radical (unpaired) electrons. The summed E-state index contributed by atoms with van der Waals surface area (Å²) in [5.41, 5.74) is 8.95. The molecule has 4 rings (SSSR count). The molecule has 3 nitrogen and oxygen atoms in total. The maximum atomic E-state index is 6.06. The zero-order chi connectivity index (χ0) is 13.5. The standard InChI is InChI=1S/C16H15N3S/c17-14-13-7-8-20-16(13)19-15(18-14)12-6-5-10-3-1-2-4-11(10)9-12/h1-4,7-8,12H,5-6,9H2,(H2,17,18,19). The first-order chi connectivity index (χ1) is 9.81. The number of fused-ring (bicyclic) bond motifs is 2. The molecule has 0 bridgehead atoms. The first-order valence-corrected chi connectivity index (χ1v) is 7.76. The van der Waals surface area contributed by atoms with Gasteiger partial charge in [-0.1, -0.05) is 24.3 Å². The minimum absolute atomic E-state index is 0.388. The molecule has 0 aliphatic heterocycles. The fourth-order valence-corrected chi connectivity index (χ4v) is 3.78. The van der Waals surface area contributed by atoms with Crippen molar-refractivity contribution in [2.45, 2.75) is 25.2 Å². The molecule has 0 amide bonds. The highest BCUT2D eigenvalue weighted by atomic mass is 32.1. The number of benzene rings is 1. The lowest BCUT2D eigenvalue weighted by Gasteiger charge is -2.23. The van der Waals surface area contributed by atoms with Gasteiger partial charge in [0.2, 0.25) is 0 Å². The van der Waals surface area contributed by atoms with Gasteiger partial charge in [-0.3, -0.25) is 0 Å². The van der Waals surface area contributed by atoms with Crippen molar-refractivity contribution in [3.8, 4) is 0 Å². The summed E-state index contributed by atoms with van der Waals surface area (Å²) in [6, 6.07) is 10.7. The molecule has 2 heterocycles. The number of thiophene rings is 1. The fourth-order valence-electron chi connectivity index (χ4n) is 3.00. The van der Waals surface area contributed by atoms with Crippen molar-refractivity contribution in [3.63, 3.8) is 0 Å². The van der Waals surface area contributed by atoms with E-state index in [1.807, 2.05) is 11.4 Å². The predicted octanol–water partition coefficient (Wildman–Crippen LogP) is 3.55. The molecule has 3 aromatic rings. The Kier molecular flexibility index (Phi) is 2.70. The molecule has 1 atom stereocenters. The van der Waals surface area contributed by atoms with E-state index in [-0.39, 0.29) is 0 Å². The maximum absolute atomic E-state index is 6.06. The number of nitrogen functional groups attached to an aromatic ring is 1. The monoisotopic (exact) mass is 281 g/mol. The van der Waals surface area contributed by atoms with Crippen molar-refractivity contribution in [1.82, 2.24) is 9.97 Å². The van der Waals surface area contributed by atoms with Crippen LogP contribution in [-0.2, 0) is 12.8 Å². The second-order valence-electron chi connectivity index (χ2n) is 5.31. The number of rotatable bonds is 1. The number of nitrogens with two attached hydrogens (primary N) is 1. The van der Waals surface area contributed by atoms with E-state index in [0.717, 1.165) is 35.3 Å². The van der Waals surface area contributed by atoms with E-state index in [2.05, 4.69) is 29.2 Å². The Balaban J connectivity index is 1.74. The summed E-state index contributed by atoms with van der Waals surface area (Å²) in [5.74, 6) is 1.91. The number of hydrogen-bond donors (Lipinski definition) is 1. The lowest BCUT2D eigenvalue weighted by Crippen LogP contribution is -2.15. The van der Waals surface area contributed by atoms with Crippen molar-refractivity contribution in [1.29, 1.82) is 0 Å². The molecule has 0 fully saturated rings. The van der Waals surface area contributed by atoms with Crippen LogP contribution < -0.4 is 5.73 Å². The molecule has 0 saturated carbocycles. The molecule has 0 spiro atoms. The van der Waals surface area contributed by atoms with Crippen molar-refractivity contribution in [2.75, 3.05) is 5.73 Å². The van der Waals surface area contributed by atoms with Crippen LogP contribution in [0.3, 0.4) is 0 Å². The highest BCUT2D eigenvalue weighted by Gasteiger charge is 2.23. The van der Waals surface area contributed by atoms with Crippen molar-refractivity contribution in [3.05, 3.63) is 52.7 Å². The third-order valence-corrected chi connectivity index (χ3v) is 4.89. The van der Waals surface area contributed by atoms with Gasteiger partial charge in [0.1, 0.15) is 16.5 Å². The van der Waals surface area contributed by atoms with Gasteiger partial charge in [0.25, 0.3) is 0 Å². The summed E-state index contributed by atoms with van der Waals surface area (Å²) < 4.78 is 0. The van der Waals surface area contributed by atoms with Crippen LogP contribution in [0.2, 0.25) is 0 Å². The second-order valence-corrected chi connectivity index (χ2v) is 6.21. The van der Waals surface area contributed by atoms with Crippen molar-refractivity contribution >= 4 is 27.4 Å². The van der Waals surface area contributed by atoms with Gasteiger partial charge in [0.15, 0.2) is 0 Å². The van der Waals surface area contributed by atoms with Crippen molar-refractivity contribution in [2.24, 2.45) is 0 Å². The SMILES string of the molecule is Nc1nc(C2CCc3ccccc3C2)nc2sccc12. The molecule has 1 aromatic carbocycles. The van der Waals surface area contributed by atoms with Gasteiger partial charge >= 0.3 is 0 Å². The van der Waals surface area contributed by atoms with E-state index in [4.69, 9.17) is 10.7 Å². The summed E-state index contributed by atoms with van der Waals surface area (Å²) in [5, 5.41) is 3.00. The first kappa shape index (κ1) is 11.9. The van der Waals surface area contributed by atoms with Crippen LogP contribution in [0.1, 0.15) is 29.3 Å². The third kappa shape index (κ3) is 1.88. The van der Waals surface area contributed by atoms with E-state index in [1.165, 1.54) is 11.1 Å². The highest BCUT2D eigenvalue weighted by molar-refractivity contribution is 7.16. The van der Waals surface area contributed by atoms with Crippen LogP contribution in [0.5, 0.6) is 0 Å². The van der Waals surface area contributed by atoms with E-state index in [9.17, 15) is 0 Å². The summed E-state index contributed by atoms with van der Waals surface area (Å²) in [6.07, 6.45) is 3.23. The Morgan fingerprint density at radius 2 is 1.95 bits per heavy atom. The minimum atomic E-state index is 0.388. The lowest BCUT2D eigenvalue weighted by atomic mass is 9.83. The van der Waals surface area contributed by atoms with E-state index in [0.29, 0.717) is 11.7 Å². The van der Waals surface area contributed by atoms with Crippen LogP contribution in [0, 0.1) is 0 Å². The number of aromatic nitrogens is 2. The van der Waals surface area contributed by atoms with Gasteiger partial charge in [-0.05, 0) is 41.8 Å². The van der Waals surface area contributed by atoms with Gasteiger partial charge < -0.3 is 5.73 Å². The Morgan fingerprint density at radius 3 is 2.85 bits per heavy atom. The largest absolute Gasteiger partial charge is 0.383 e. The molecule has 1 aliphatic rings. The average Bonchev–Trinajstić information content (AvgIpc) is 2.96. The molecular formula is C16H15N3S. The van der Waals surface area contributed by atoms with E-state index >= 15 is 0 Å². The first-order valence-electron chi connectivity index (χ1n) is 6.88. The molecule has 2 aromatic heterocycles. The lowest BCUT2D eigenvalue weighted by molar-refractivity contribution is 0.558. The van der Waals surface area contributed by atoms with Crippen LogP contribution in [-0.4, -0.2) is 9.97 Å². The zero-order valence-electron chi connectivity index (χ0n) is 11.0. The Labute approximate surface area is 121 Å². The Bertz CT molecular complexity index is 778. The Morgan fingerprint density at radius 1 is 1.10 bits per heavy atom. The summed E-state index contributed by atoms with van der Waals surface area (Å²) >= 11 is 1.63. The van der Waals surface area contributed by atoms with Crippen LogP contribution in [0.25, 0.3) is 10.2 Å². The quantitative estimate of drug-likeness (QED) is 0.742. The van der Waals surface area contributed by atoms with Gasteiger partial charge in [-0.15, -0.1) is 11.3 Å². The Hall–Kier alpha value is -1.94. The highest BCUT2D eigenvalue weighted by Crippen LogP contribution is 2.33. The molecule has 4 heteroatoms. The van der Waals surface area contributed by atoms with Crippen LogP contribution in [0.15, 0.2) is 35.7 Å². The van der Waals surface area contributed by atoms with Gasteiger partial charge in [-0.25, -0.2) is 9.97 Å².